The van der Waals surface area contributed by atoms with Gasteiger partial charge in [-0.3, -0.25) is 0 Å². The number of aliphatic hydroxyl groups excluding tert-OH is 1. The molecular weight excluding hydrogens is 358 g/mol. The van der Waals surface area contributed by atoms with Gasteiger partial charge in [0.2, 0.25) is 10.0 Å². The zero-order valence-corrected chi connectivity index (χ0v) is 16.0. The summed E-state index contributed by atoms with van der Waals surface area (Å²) in [6.45, 7) is 4.65. The quantitative estimate of drug-likeness (QED) is 0.663. The van der Waals surface area contributed by atoms with Crippen molar-refractivity contribution in [1.82, 2.24) is 9.62 Å². The maximum atomic E-state index is 12.8. The van der Waals surface area contributed by atoms with E-state index in [2.05, 4.69) is 10.6 Å². The summed E-state index contributed by atoms with van der Waals surface area (Å²) in [7, 11) is -3.61. The first-order chi connectivity index (χ1) is 12.4. The Balaban J connectivity index is 2.27. The van der Waals surface area contributed by atoms with Crippen LogP contribution in [0.4, 0.5) is 10.5 Å². The molecule has 0 aromatic heterocycles. The van der Waals surface area contributed by atoms with Gasteiger partial charge in [0.05, 0.1) is 29.8 Å². The highest BCUT2D eigenvalue weighted by atomic mass is 32.2. The number of aliphatic hydroxyl groups is 1. The fourth-order valence-corrected chi connectivity index (χ4v) is 4.27. The molecule has 1 aliphatic heterocycles. The molecule has 1 saturated heterocycles. The van der Waals surface area contributed by atoms with E-state index in [9.17, 15) is 13.2 Å². The number of anilines is 1. The van der Waals surface area contributed by atoms with Crippen LogP contribution in [0.3, 0.4) is 0 Å². The number of urea groups is 1. The van der Waals surface area contributed by atoms with Crippen LogP contribution < -0.4 is 15.4 Å². The lowest BCUT2D eigenvalue weighted by Gasteiger charge is -2.26. The van der Waals surface area contributed by atoms with Gasteiger partial charge in [0.15, 0.2) is 0 Å². The number of ether oxygens (including phenoxy) is 1. The molecule has 0 saturated carbocycles. The molecule has 2 rings (SSSR count). The Bertz CT molecular complexity index is 717. The lowest BCUT2D eigenvalue weighted by atomic mass is 10.2. The Kier molecular flexibility index (Phi) is 7.24. The first kappa shape index (κ1) is 20.5. The van der Waals surface area contributed by atoms with Gasteiger partial charge in [-0.2, -0.15) is 4.31 Å². The van der Waals surface area contributed by atoms with Gasteiger partial charge in [-0.05, 0) is 44.9 Å². The maximum Gasteiger partial charge on any atom is 0.319 e. The van der Waals surface area contributed by atoms with E-state index in [1.165, 1.54) is 16.4 Å². The molecule has 1 fully saturated rings. The normalized spacial score (nSPS) is 16.7. The van der Waals surface area contributed by atoms with Gasteiger partial charge in [0.25, 0.3) is 0 Å². The largest absolute Gasteiger partial charge is 0.492 e. The third-order valence-electron chi connectivity index (χ3n) is 4.10. The van der Waals surface area contributed by atoms with Gasteiger partial charge in [0.1, 0.15) is 5.75 Å². The predicted molar refractivity (Wildman–Crippen MR) is 98.9 cm³/mol. The first-order valence-electron chi connectivity index (χ1n) is 8.84. The van der Waals surface area contributed by atoms with Crippen LogP contribution in [0.5, 0.6) is 5.75 Å². The molecule has 1 aromatic carbocycles. The highest BCUT2D eigenvalue weighted by Crippen LogP contribution is 2.30. The molecule has 0 spiro atoms. The van der Waals surface area contributed by atoms with Crippen LogP contribution in [0, 0.1) is 0 Å². The lowest BCUT2D eigenvalue weighted by Crippen LogP contribution is -2.38. The molecule has 0 bridgehead atoms. The zero-order chi connectivity index (χ0) is 19.2. The number of carbonyl (C=O) groups excluding carboxylic acids is 1. The number of rotatable bonds is 7. The van der Waals surface area contributed by atoms with Crippen molar-refractivity contribution in [1.29, 1.82) is 0 Å². The van der Waals surface area contributed by atoms with Gasteiger partial charge in [-0.15, -0.1) is 0 Å². The summed E-state index contributed by atoms with van der Waals surface area (Å²) < 4.78 is 32.6. The predicted octanol–water partition coefficient (Wildman–Crippen LogP) is 1.76. The minimum atomic E-state index is -3.61. The van der Waals surface area contributed by atoms with E-state index in [1.54, 1.807) is 19.9 Å². The smallest absolute Gasteiger partial charge is 0.319 e. The molecule has 9 heteroatoms. The van der Waals surface area contributed by atoms with Gasteiger partial charge in [-0.25, -0.2) is 13.2 Å². The lowest BCUT2D eigenvalue weighted by molar-refractivity contribution is 0.229. The second-order valence-electron chi connectivity index (χ2n) is 6.24. The van der Waals surface area contributed by atoms with Crippen LogP contribution in [-0.2, 0) is 10.0 Å². The van der Waals surface area contributed by atoms with Crippen molar-refractivity contribution >= 4 is 21.7 Å². The topological polar surface area (TPSA) is 108 Å². The summed E-state index contributed by atoms with van der Waals surface area (Å²) in [5.74, 6) is 0.386. The Morgan fingerprint density at radius 2 is 2.00 bits per heavy atom. The second kappa shape index (κ2) is 9.20. The van der Waals surface area contributed by atoms with Gasteiger partial charge < -0.3 is 20.5 Å². The Morgan fingerprint density at radius 1 is 1.31 bits per heavy atom. The van der Waals surface area contributed by atoms with Crippen LogP contribution in [-0.4, -0.2) is 56.2 Å². The van der Waals surface area contributed by atoms with Crippen LogP contribution in [0.15, 0.2) is 23.1 Å². The number of hydrogen-bond donors (Lipinski definition) is 3. The van der Waals surface area contributed by atoms with Crippen molar-refractivity contribution in [2.24, 2.45) is 0 Å². The third-order valence-corrected chi connectivity index (χ3v) is 6.00. The molecule has 1 atom stereocenters. The van der Waals surface area contributed by atoms with Gasteiger partial charge >= 0.3 is 6.03 Å². The van der Waals surface area contributed by atoms with E-state index in [1.807, 2.05) is 0 Å². The molecular formula is C17H27N3O5S. The number of piperidine rings is 1. The van der Waals surface area contributed by atoms with E-state index < -0.39 is 22.1 Å². The van der Waals surface area contributed by atoms with Crippen molar-refractivity contribution in [3.63, 3.8) is 0 Å². The van der Waals surface area contributed by atoms with Crippen molar-refractivity contribution in [3.05, 3.63) is 18.2 Å². The van der Waals surface area contributed by atoms with E-state index in [0.29, 0.717) is 25.4 Å². The standard InChI is InChI=1S/C17H27N3O5S/c1-3-25-16-8-7-14(26(23,24)20-9-5-4-6-10-20)11-15(16)19-17(22)18-13(2)12-21/h7-8,11,13,21H,3-6,9-10,12H2,1-2H3,(H2,18,19,22)/t13-/m1/s1. The van der Waals surface area contributed by atoms with Crippen LogP contribution in [0.25, 0.3) is 0 Å². The summed E-state index contributed by atoms with van der Waals surface area (Å²) in [6, 6.07) is 3.49. The van der Waals surface area contributed by atoms with Crippen LogP contribution in [0.2, 0.25) is 0 Å². The molecule has 146 valence electrons. The molecule has 8 nitrogen and oxygen atoms in total. The van der Waals surface area contributed by atoms with Gasteiger partial charge in [-0.1, -0.05) is 6.42 Å². The Morgan fingerprint density at radius 3 is 2.62 bits per heavy atom. The summed E-state index contributed by atoms with van der Waals surface area (Å²) in [6.07, 6.45) is 2.73. The van der Waals surface area contributed by atoms with Crippen LogP contribution >= 0.6 is 0 Å². The molecule has 0 unspecified atom stereocenters. The minimum Gasteiger partial charge on any atom is -0.492 e. The maximum absolute atomic E-state index is 12.8. The molecule has 0 aliphatic carbocycles. The summed E-state index contributed by atoms with van der Waals surface area (Å²) >= 11 is 0. The minimum absolute atomic E-state index is 0.119. The zero-order valence-electron chi connectivity index (χ0n) is 15.2. The number of nitrogens with one attached hydrogen (secondary N) is 2. The van der Waals surface area contributed by atoms with Gasteiger partial charge in [0, 0.05) is 13.1 Å². The first-order valence-corrected chi connectivity index (χ1v) is 10.3. The molecule has 1 heterocycles. The molecule has 2 amide bonds. The fourth-order valence-electron chi connectivity index (χ4n) is 2.73. The van der Waals surface area contributed by atoms with E-state index in [4.69, 9.17) is 9.84 Å². The SMILES string of the molecule is CCOc1ccc(S(=O)(=O)N2CCCCC2)cc1NC(=O)N[C@H](C)CO. The number of amides is 2. The van der Waals surface area contributed by atoms with E-state index >= 15 is 0 Å². The molecule has 0 radical (unpaired) electrons. The molecule has 1 aromatic rings. The summed E-state index contributed by atoms with van der Waals surface area (Å²) in [5, 5.41) is 14.2. The highest BCUT2D eigenvalue weighted by molar-refractivity contribution is 7.89. The van der Waals surface area contributed by atoms with Crippen molar-refractivity contribution in [2.45, 2.75) is 44.0 Å². The molecule has 26 heavy (non-hydrogen) atoms. The average Bonchev–Trinajstić information content (AvgIpc) is 2.63. The monoisotopic (exact) mass is 385 g/mol. The van der Waals surface area contributed by atoms with Crippen molar-refractivity contribution < 1.29 is 23.1 Å². The third kappa shape index (κ3) is 5.09. The number of sulfonamides is 1. The summed E-state index contributed by atoms with van der Waals surface area (Å²) in [5.41, 5.74) is 0.271. The Labute approximate surface area is 154 Å². The van der Waals surface area contributed by atoms with Crippen LogP contribution in [0.1, 0.15) is 33.1 Å². The van der Waals surface area contributed by atoms with Crippen molar-refractivity contribution in [2.75, 3.05) is 31.6 Å². The number of benzene rings is 1. The van der Waals surface area contributed by atoms with Crippen molar-refractivity contribution in [3.8, 4) is 5.75 Å². The average molecular weight is 385 g/mol. The highest BCUT2D eigenvalue weighted by Gasteiger charge is 2.27. The number of nitrogens with zero attached hydrogens (tertiary/aromatic N) is 1. The molecule has 3 N–H and O–H groups in total. The molecule has 1 aliphatic rings. The van der Waals surface area contributed by atoms with E-state index in [0.717, 1.165) is 19.3 Å². The number of carbonyl (C=O) groups is 1. The Hall–Kier alpha value is -1.84. The van der Waals surface area contributed by atoms with E-state index in [-0.39, 0.29) is 17.2 Å². The fraction of sp³-hybridized carbons (Fsp3) is 0.588. The summed E-state index contributed by atoms with van der Waals surface area (Å²) in [4.78, 5) is 12.2. The number of hydrogen-bond acceptors (Lipinski definition) is 5. The second-order valence-corrected chi connectivity index (χ2v) is 8.18.